The lowest BCUT2D eigenvalue weighted by Crippen LogP contribution is -2.40. The molecule has 0 aliphatic heterocycles. The molecule has 0 saturated heterocycles. The number of hydrogen-bond acceptors (Lipinski definition) is 4. The predicted molar refractivity (Wildman–Crippen MR) is 111 cm³/mol. The monoisotopic (exact) mass is 414 g/mol. The van der Waals surface area contributed by atoms with Gasteiger partial charge in [0.05, 0.1) is 12.1 Å². The van der Waals surface area contributed by atoms with Crippen LogP contribution in [-0.2, 0) is 11.3 Å². The van der Waals surface area contributed by atoms with Gasteiger partial charge in [0.25, 0.3) is 5.91 Å². The van der Waals surface area contributed by atoms with E-state index < -0.39 is 0 Å². The number of benzene rings is 1. The smallest absolute Gasteiger partial charge is 0.256 e. The quantitative estimate of drug-likeness (QED) is 0.644. The fourth-order valence-electron chi connectivity index (χ4n) is 3.13. The summed E-state index contributed by atoms with van der Waals surface area (Å²) >= 11 is 1.50. The number of carbonyl (C=O) groups excluding carboxylic acids is 2. The highest BCUT2D eigenvalue weighted by Gasteiger charge is 2.23. The van der Waals surface area contributed by atoms with Crippen LogP contribution in [0.3, 0.4) is 0 Å². The lowest BCUT2D eigenvalue weighted by molar-refractivity contribution is -0.121. The molecule has 0 saturated carbocycles. The Kier molecular flexibility index (Phi) is 6.43. The number of halogens is 1. The summed E-state index contributed by atoms with van der Waals surface area (Å²) in [6.07, 6.45) is 1.73. The molecule has 1 aromatic carbocycles. The summed E-state index contributed by atoms with van der Waals surface area (Å²) < 4.78 is 14.9. The normalized spacial score (nSPS) is 10.8. The first-order valence-electron chi connectivity index (χ1n) is 9.30. The second-order valence-electron chi connectivity index (χ2n) is 6.66. The van der Waals surface area contributed by atoms with Gasteiger partial charge in [-0.25, -0.2) is 9.37 Å². The van der Waals surface area contributed by atoms with Crippen molar-refractivity contribution in [2.45, 2.75) is 27.3 Å². The van der Waals surface area contributed by atoms with Crippen LogP contribution < -0.4 is 5.32 Å². The molecular formula is C21H23FN4O2S. The summed E-state index contributed by atoms with van der Waals surface area (Å²) in [5, 5.41) is 5.47. The molecule has 1 N–H and O–H groups in total. The molecule has 152 valence electrons. The number of amides is 2. The standard InChI is InChI=1S/C21H23FN4O2S/c1-4-25(13-19(27)24-12-16-5-7-17(22)8-6-16)20(28)18-11-14(2)26(15(18)3)21-23-9-10-29-21/h5-11H,4,12-13H2,1-3H3,(H,24,27). The molecular weight excluding hydrogens is 391 g/mol. The maximum atomic E-state index is 13.1. The molecule has 0 radical (unpaired) electrons. The van der Waals surface area contributed by atoms with Gasteiger partial charge in [-0.1, -0.05) is 12.1 Å². The van der Waals surface area contributed by atoms with Crippen molar-refractivity contribution in [2.75, 3.05) is 13.1 Å². The summed E-state index contributed by atoms with van der Waals surface area (Å²) in [5.74, 6) is -0.781. The highest BCUT2D eigenvalue weighted by Crippen LogP contribution is 2.23. The van der Waals surface area contributed by atoms with Gasteiger partial charge in [-0.15, -0.1) is 11.3 Å². The zero-order valence-electron chi connectivity index (χ0n) is 16.6. The maximum absolute atomic E-state index is 13.1. The van der Waals surface area contributed by atoms with Gasteiger partial charge >= 0.3 is 0 Å². The second-order valence-corrected chi connectivity index (χ2v) is 7.53. The van der Waals surface area contributed by atoms with Crippen LogP contribution in [0.4, 0.5) is 4.39 Å². The second kappa shape index (κ2) is 9.00. The molecule has 3 aromatic rings. The van der Waals surface area contributed by atoms with Crippen molar-refractivity contribution in [3.05, 3.63) is 70.2 Å². The number of aromatic nitrogens is 2. The van der Waals surface area contributed by atoms with E-state index in [-0.39, 0.29) is 30.7 Å². The molecule has 3 rings (SSSR count). The van der Waals surface area contributed by atoms with Crippen LogP contribution in [-0.4, -0.2) is 39.4 Å². The molecule has 0 aliphatic carbocycles. The maximum Gasteiger partial charge on any atom is 0.256 e. The van der Waals surface area contributed by atoms with Crippen molar-refractivity contribution >= 4 is 23.2 Å². The van der Waals surface area contributed by atoms with Gasteiger partial charge in [-0.2, -0.15) is 0 Å². The third-order valence-corrected chi connectivity index (χ3v) is 5.44. The minimum atomic E-state index is -0.321. The van der Waals surface area contributed by atoms with Crippen molar-refractivity contribution in [1.29, 1.82) is 0 Å². The Labute approximate surface area is 173 Å². The highest BCUT2D eigenvalue weighted by atomic mass is 32.1. The van der Waals surface area contributed by atoms with Crippen molar-refractivity contribution < 1.29 is 14.0 Å². The Hall–Kier alpha value is -3.00. The van der Waals surface area contributed by atoms with E-state index in [1.54, 1.807) is 18.3 Å². The zero-order valence-corrected chi connectivity index (χ0v) is 17.4. The van der Waals surface area contributed by atoms with Gasteiger partial charge in [-0.05, 0) is 44.5 Å². The van der Waals surface area contributed by atoms with Crippen LogP contribution in [0.15, 0.2) is 41.9 Å². The minimum absolute atomic E-state index is 0.0442. The third kappa shape index (κ3) is 4.71. The van der Waals surface area contributed by atoms with Crippen LogP contribution >= 0.6 is 11.3 Å². The summed E-state index contributed by atoms with van der Waals surface area (Å²) in [6.45, 7) is 6.29. The number of nitrogens with one attached hydrogen (secondary N) is 1. The number of aryl methyl sites for hydroxylation is 1. The Bertz CT molecular complexity index is 997. The minimum Gasteiger partial charge on any atom is -0.350 e. The molecule has 0 fully saturated rings. The largest absolute Gasteiger partial charge is 0.350 e. The average Bonchev–Trinajstić information content (AvgIpc) is 3.32. The molecule has 6 nitrogen and oxygen atoms in total. The average molecular weight is 415 g/mol. The predicted octanol–water partition coefficient (Wildman–Crippen LogP) is 3.47. The summed E-state index contributed by atoms with van der Waals surface area (Å²) in [4.78, 5) is 31.2. The van der Waals surface area contributed by atoms with E-state index in [0.717, 1.165) is 22.1 Å². The van der Waals surface area contributed by atoms with Gasteiger partial charge in [0.1, 0.15) is 5.82 Å². The highest BCUT2D eigenvalue weighted by molar-refractivity contribution is 7.12. The van der Waals surface area contributed by atoms with Gasteiger partial charge in [0.15, 0.2) is 5.13 Å². The summed E-state index contributed by atoms with van der Waals surface area (Å²) in [7, 11) is 0. The van der Waals surface area contributed by atoms with Crippen LogP contribution in [0.2, 0.25) is 0 Å². The van der Waals surface area contributed by atoms with Crippen LogP contribution in [0.1, 0.15) is 34.2 Å². The number of thiazole rings is 1. The van der Waals surface area contributed by atoms with Crippen molar-refractivity contribution in [2.24, 2.45) is 0 Å². The number of nitrogens with zero attached hydrogens (tertiary/aromatic N) is 3. The van der Waals surface area contributed by atoms with E-state index in [9.17, 15) is 14.0 Å². The number of likely N-dealkylation sites (N-methyl/N-ethyl adjacent to an activating group) is 1. The molecule has 8 heteroatoms. The van der Waals surface area contributed by atoms with E-state index in [4.69, 9.17) is 0 Å². The molecule has 29 heavy (non-hydrogen) atoms. The van der Waals surface area contributed by atoms with E-state index in [1.807, 2.05) is 36.8 Å². The van der Waals surface area contributed by atoms with Crippen LogP contribution in [0.5, 0.6) is 0 Å². The van der Waals surface area contributed by atoms with Crippen molar-refractivity contribution in [3.63, 3.8) is 0 Å². The van der Waals surface area contributed by atoms with E-state index in [0.29, 0.717) is 12.1 Å². The lowest BCUT2D eigenvalue weighted by atomic mass is 10.2. The molecule has 0 aliphatic rings. The topological polar surface area (TPSA) is 67.2 Å². The molecule has 0 spiro atoms. The van der Waals surface area contributed by atoms with Crippen molar-refractivity contribution in [3.8, 4) is 5.13 Å². The molecule has 2 aromatic heterocycles. The molecule has 0 unspecified atom stereocenters. The van der Waals surface area contributed by atoms with E-state index in [2.05, 4.69) is 10.3 Å². The fraction of sp³-hybridized carbons (Fsp3) is 0.286. The fourth-order valence-corrected chi connectivity index (χ4v) is 3.88. The Morgan fingerprint density at radius 3 is 2.59 bits per heavy atom. The van der Waals surface area contributed by atoms with Gasteiger partial charge in [-0.3, -0.25) is 14.2 Å². The van der Waals surface area contributed by atoms with E-state index >= 15 is 0 Å². The van der Waals surface area contributed by atoms with Gasteiger partial charge in [0.2, 0.25) is 5.91 Å². The first kappa shape index (κ1) is 20.7. The summed E-state index contributed by atoms with van der Waals surface area (Å²) in [6, 6.07) is 7.76. The first-order chi connectivity index (χ1) is 13.9. The summed E-state index contributed by atoms with van der Waals surface area (Å²) in [5.41, 5.74) is 3.07. The van der Waals surface area contributed by atoms with Crippen LogP contribution in [0, 0.1) is 19.7 Å². The zero-order chi connectivity index (χ0) is 21.0. The third-order valence-electron chi connectivity index (χ3n) is 4.68. The lowest BCUT2D eigenvalue weighted by Gasteiger charge is -2.20. The molecule has 0 atom stereocenters. The molecule has 0 bridgehead atoms. The first-order valence-corrected chi connectivity index (χ1v) is 10.2. The van der Waals surface area contributed by atoms with Crippen molar-refractivity contribution in [1.82, 2.24) is 19.8 Å². The van der Waals surface area contributed by atoms with Crippen LogP contribution in [0.25, 0.3) is 5.13 Å². The Morgan fingerprint density at radius 2 is 1.97 bits per heavy atom. The number of hydrogen-bond donors (Lipinski definition) is 1. The number of rotatable bonds is 7. The van der Waals surface area contributed by atoms with Gasteiger partial charge in [0, 0.05) is 36.1 Å². The van der Waals surface area contributed by atoms with Gasteiger partial charge < -0.3 is 10.2 Å². The Balaban J connectivity index is 1.68. The molecule has 2 amide bonds. The SMILES string of the molecule is CCN(CC(=O)NCc1ccc(F)cc1)C(=O)c1cc(C)n(-c2nccs2)c1C. The number of carbonyl (C=O) groups is 2. The molecule has 2 heterocycles. The Morgan fingerprint density at radius 1 is 1.24 bits per heavy atom. The van der Waals surface area contributed by atoms with E-state index in [1.165, 1.54) is 28.4 Å².